The molecule has 1 fully saturated rings. The Hall–Kier alpha value is -1.31. The Kier molecular flexibility index (Phi) is 3.70. The number of hydrogen-bond acceptors (Lipinski definition) is 5. The second-order valence-electron chi connectivity index (χ2n) is 5.87. The lowest BCUT2D eigenvalue weighted by molar-refractivity contribution is -0.0749. The molecule has 0 saturated carbocycles. The lowest BCUT2D eigenvalue weighted by Gasteiger charge is -2.43. The summed E-state index contributed by atoms with van der Waals surface area (Å²) in [5.74, 6) is 0. The summed E-state index contributed by atoms with van der Waals surface area (Å²) in [6, 6.07) is 4.68. The Balaban J connectivity index is 2.40. The molecule has 0 spiro atoms. The predicted octanol–water partition coefficient (Wildman–Crippen LogP) is 0.920. The first-order valence-corrected chi connectivity index (χ1v) is 7.98. The van der Waals surface area contributed by atoms with Crippen LogP contribution < -0.4 is 15.8 Å². The van der Waals surface area contributed by atoms with Gasteiger partial charge in [-0.05, 0) is 39.0 Å². The number of primary sulfonamides is 1. The average molecular weight is 299 g/mol. The molecule has 1 heterocycles. The molecule has 4 N–H and O–H groups in total. The van der Waals surface area contributed by atoms with Crippen molar-refractivity contribution in [3.8, 4) is 0 Å². The smallest absolute Gasteiger partial charge is 0.238 e. The highest BCUT2D eigenvalue weighted by molar-refractivity contribution is 7.89. The summed E-state index contributed by atoms with van der Waals surface area (Å²) in [4.78, 5) is 2.10. The fourth-order valence-electron chi connectivity index (χ4n) is 2.60. The van der Waals surface area contributed by atoms with Crippen LogP contribution in [0.5, 0.6) is 0 Å². The van der Waals surface area contributed by atoms with Gasteiger partial charge in [-0.1, -0.05) is 0 Å². The monoisotopic (exact) mass is 299 g/mol. The molecule has 1 atom stereocenters. The van der Waals surface area contributed by atoms with Crippen LogP contribution in [-0.4, -0.2) is 33.2 Å². The van der Waals surface area contributed by atoms with Crippen molar-refractivity contribution in [3.05, 3.63) is 18.2 Å². The normalized spacial score (nSPS) is 22.8. The number of rotatable bonds is 2. The number of benzene rings is 1. The fraction of sp³-hybridized carbons (Fsp3) is 0.538. The van der Waals surface area contributed by atoms with Crippen molar-refractivity contribution in [1.29, 1.82) is 0 Å². The molecule has 7 heteroatoms. The zero-order valence-electron chi connectivity index (χ0n) is 12.0. The number of ether oxygens (including phenoxy) is 1. The van der Waals surface area contributed by atoms with E-state index in [2.05, 4.69) is 4.90 Å². The highest BCUT2D eigenvalue weighted by atomic mass is 32.2. The van der Waals surface area contributed by atoms with Gasteiger partial charge in [0, 0.05) is 24.5 Å². The summed E-state index contributed by atoms with van der Waals surface area (Å²) in [6.45, 7) is 7.33. The molecule has 1 aliphatic rings. The molecule has 0 aromatic heterocycles. The molecule has 0 amide bonds. The first kappa shape index (κ1) is 15.1. The van der Waals surface area contributed by atoms with Crippen molar-refractivity contribution in [2.24, 2.45) is 5.14 Å². The molecule has 1 aromatic carbocycles. The maximum atomic E-state index is 11.5. The first-order chi connectivity index (χ1) is 9.07. The van der Waals surface area contributed by atoms with Crippen LogP contribution >= 0.6 is 0 Å². The van der Waals surface area contributed by atoms with Gasteiger partial charge in [-0.25, -0.2) is 13.6 Å². The highest BCUT2D eigenvalue weighted by Gasteiger charge is 2.31. The van der Waals surface area contributed by atoms with Gasteiger partial charge in [0.15, 0.2) is 0 Å². The number of morpholine rings is 1. The van der Waals surface area contributed by atoms with Gasteiger partial charge in [-0.3, -0.25) is 0 Å². The predicted molar refractivity (Wildman–Crippen MR) is 79.1 cm³/mol. The van der Waals surface area contributed by atoms with E-state index < -0.39 is 10.0 Å². The second-order valence-corrected chi connectivity index (χ2v) is 7.44. The van der Waals surface area contributed by atoms with Gasteiger partial charge in [0.05, 0.1) is 16.6 Å². The van der Waals surface area contributed by atoms with E-state index in [4.69, 9.17) is 15.6 Å². The van der Waals surface area contributed by atoms with Crippen LogP contribution in [0.25, 0.3) is 0 Å². The van der Waals surface area contributed by atoms with Crippen LogP contribution in [0.2, 0.25) is 0 Å². The molecular weight excluding hydrogens is 278 g/mol. The molecular formula is C13H21N3O3S. The Morgan fingerprint density at radius 2 is 2.00 bits per heavy atom. The minimum atomic E-state index is -3.77. The molecule has 112 valence electrons. The van der Waals surface area contributed by atoms with Crippen LogP contribution in [0.1, 0.15) is 20.8 Å². The van der Waals surface area contributed by atoms with E-state index in [0.29, 0.717) is 18.8 Å². The maximum absolute atomic E-state index is 11.5. The summed E-state index contributed by atoms with van der Waals surface area (Å²) in [5, 5.41) is 5.18. The number of nitrogens with zero attached hydrogens (tertiary/aromatic N) is 1. The number of sulfonamides is 1. The minimum Gasteiger partial charge on any atom is -0.399 e. The van der Waals surface area contributed by atoms with Gasteiger partial charge in [-0.2, -0.15) is 0 Å². The quantitative estimate of drug-likeness (QED) is 0.791. The average Bonchev–Trinajstić information content (AvgIpc) is 2.24. The van der Waals surface area contributed by atoms with Gasteiger partial charge in [-0.15, -0.1) is 0 Å². The van der Waals surface area contributed by atoms with Gasteiger partial charge in [0.1, 0.15) is 0 Å². The lowest BCUT2D eigenvalue weighted by Crippen LogP contribution is -2.52. The number of anilines is 2. The van der Waals surface area contributed by atoms with Gasteiger partial charge >= 0.3 is 0 Å². The summed E-state index contributed by atoms with van der Waals surface area (Å²) in [6.07, 6.45) is 0.0538. The summed E-state index contributed by atoms with van der Waals surface area (Å²) < 4.78 is 28.8. The van der Waals surface area contributed by atoms with Crippen molar-refractivity contribution >= 4 is 21.4 Å². The standard InChI is InChI=1S/C13H21N3O3S/c1-9-7-16(8-13(2,3)19-9)11-4-10(14)5-12(6-11)20(15,17)18/h4-6,9H,7-8,14H2,1-3H3,(H2,15,17,18). The Morgan fingerprint density at radius 3 is 2.55 bits per heavy atom. The van der Waals surface area contributed by atoms with Crippen LogP contribution in [0.4, 0.5) is 11.4 Å². The SMILES string of the molecule is CC1CN(c2cc(N)cc(S(N)(=O)=O)c2)CC(C)(C)O1. The third-order valence-corrected chi connectivity index (χ3v) is 4.07. The second kappa shape index (κ2) is 4.91. The fourth-order valence-corrected chi connectivity index (χ4v) is 3.19. The molecule has 1 aliphatic heterocycles. The number of nitrogens with two attached hydrogens (primary N) is 2. The number of nitrogen functional groups attached to an aromatic ring is 1. The van der Waals surface area contributed by atoms with E-state index in [9.17, 15) is 8.42 Å². The van der Waals surface area contributed by atoms with Gasteiger partial charge in [0.25, 0.3) is 0 Å². The molecule has 1 unspecified atom stereocenters. The largest absolute Gasteiger partial charge is 0.399 e. The molecule has 1 aromatic rings. The van der Waals surface area contributed by atoms with Crippen molar-refractivity contribution in [2.45, 2.75) is 37.4 Å². The maximum Gasteiger partial charge on any atom is 0.238 e. The lowest BCUT2D eigenvalue weighted by atomic mass is 10.0. The molecule has 6 nitrogen and oxygen atoms in total. The molecule has 2 rings (SSSR count). The first-order valence-electron chi connectivity index (χ1n) is 6.43. The Morgan fingerprint density at radius 1 is 1.35 bits per heavy atom. The zero-order valence-corrected chi connectivity index (χ0v) is 12.8. The van der Waals surface area contributed by atoms with E-state index >= 15 is 0 Å². The van der Waals surface area contributed by atoms with Crippen LogP contribution in [-0.2, 0) is 14.8 Å². The Labute approximate surface area is 119 Å². The molecule has 20 heavy (non-hydrogen) atoms. The van der Waals surface area contributed by atoms with Crippen molar-refractivity contribution < 1.29 is 13.2 Å². The van der Waals surface area contributed by atoms with Crippen molar-refractivity contribution in [2.75, 3.05) is 23.7 Å². The topological polar surface area (TPSA) is 98.6 Å². The summed E-state index contributed by atoms with van der Waals surface area (Å²) in [7, 11) is -3.77. The van der Waals surface area contributed by atoms with Crippen molar-refractivity contribution in [1.82, 2.24) is 0 Å². The highest BCUT2D eigenvalue weighted by Crippen LogP contribution is 2.29. The Bertz CT molecular complexity index is 613. The summed E-state index contributed by atoms with van der Waals surface area (Å²) >= 11 is 0. The van der Waals surface area contributed by atoms with E-state index in [-0.39, 0.29) is 16.6 Å². The van der Waals surface area contributed by atoms with Crippen LogP contribution in [0, 0.1) is 0 Å². The zero-order chi connectivity index (χ0) is 15.1. The molecule has 0 aliphatic carbocycles. The molecule has 0 bridgehead atoms. The summed E-state index contributed by atoms with van der Waals surface area (Å²) in [5.41, 5.74) is 6.61. The van der Waals surface area contributed by atoms with Crippen molar-refractivity contribution in [3.63, 3.8) is 0 Å². The third kappa shape index (κ3) is 3.41. The van der Waals surface area contributed by atoms with E-state index in [0.717, 1.165) is 5.69 Å². The van der Waals surface area contributed by atoms with Crippen LogP contribution in [0.15, 0.2) is 23.1 Å². The molecule has 0 radical (unpaired) electrons. The van der Waals surface area contributed by atoms with E-state index in [1.165, 1.54) is 6.07 Å². The number of hydrogen-bond donors (Lipinski definition) is 2. The van der Waals surface area contributed by atoms with E-state index in [1.807, 2.05) is 20.8 Å². The minimum absolute atomic E-state index is 0.0319. The van der Waals surface area contributed by atoms with E-state index in [1.54, 1.807) is 12.1 Å². The van der Waals surface area contributed by atoms with Gasteiger partial charge in [0.2, 0.25) is 10.0 Å². The van der Waals surface area contributed by atoms with Gasteiger partial charge < -0.3 is 15.4 Å². The third-order valence-electron chi connectivity index (χ3n) is 3.18. The van der Waals surface area contributed by atoms with Crippen LogP contribution in [0.3, 0.4) is 0 Å². The molecule has 1 saturated heterocycles.